The molecule has 4 rings (SSSR count). The molecule has 0 bridgehead atoms. The minimum absolute atomic E-state index is 0.0297. The van der Waals surface area contributed by atoms with Gasteiger partial charge in [-0.15, -0.1) is 11.8 Å². The average molecular weight is 477 g/mol. The number of nitrogens with one attached hydrogen (secondary N) is 1. The van der Waals surface area contributed by atoms with Crippen molar-refractivity contribution in [2.75, 3.05) is 6.61 Å². The second kappa shape index (κ2) is 8.86. The Labute approximate surface area is 191 Å². The number of rotatable bonds is 5. The fraction of sp³-hybridized carbons (Fsp3) is 0.217. The smallest absolute Gasteiger partial charge is 0.456 e. The first-order valence-corrected chi connectivity index (χ1v) is 10.8. The summed E-state index contributed by atoms with van der Waals surface area (Å²) >= 11 is 1.28. The van der Waals surface area contributed by atoms with Gasteiger partial charge in [-0.2, -0.15) is 13.2 Å². The van der Waals surface area contributed by atoms with Crippen molar-refractivity contribution >= 4 is 23.9 Å². The molecule has 0 aliphatic carbocycles. The average Bonchev–Trinajstić information content (AvgIpc) is 3.12. The summed E-state index contributed by atoms with van der Waals surface area (Å²) in [6.07, 6.45) is -5.97. The number of alkyl halides is 3. The van der Waals surface area contributed by atoms with Crippen LogP contribution in [0.25, 0.3) is 0 Å². The highest BCUT2D eigenvalue weighted by molar-refractivity contribution is 7.98. The number of carboxylic acid groups (broad SMARTS) is 1. The number of dihydropyridines is 1. The van der Waals surface area contributed by atoms with Gasteiger partial charge in [-0.05, 0) is 30.2 Å². The van der Waals surface area contributed by atoms with E-state index in [1.54, 1.807) is 37.3 Å². The molecule has 2 heterocycles. The number of carbonyl (C=O) groups excluding carboxylic acids is 1. The van der Waals surface area contributed by atoms with Crippen LogP contribution in [0.15, 0.2) is 76.2 Å². The maximum atomic E-state index is 13.1. The lowest BCUT2D eigenvalue weighted by atomic mass is 9.85. The van der Waals surface area contributed by atoms with E-state index in [0.717, 1.165) is 12.1 Å². The van der Waals surface area contributed by atoms with Gasteiger partial charge in [-0.25, -0.2) is 9.59 Å². The van der Waals surface area contributed by atoms with Crippen LogP contribution < -0.4 is 5.32 Å². The van der Waals surface area contributed by atoms with Crippen molar-refractivity contribution in [3.8, 4) is 0 Å². The number of halogens is 3. The summed E-state index contributed by atoms with van der Waals surface area (Å²) in [5.41, 5.74) is 1.55. The Morgan fingerprint density at radius 1 is 1.24 bits per heavy atom. The van der Waals surface area contributed by atoms with Crippen LogP contribution in [-0.4, -0.2) is 23.8 Å². The van der Waals surface area contributed by atoms with E-state index in [2.05, 4.69) is 5.32 Å². The molecular formula is C23H18F3NO5S. The standard InChI is InChI=1S/C23H18F3NO5S/c1-12-20(32-22(29)30)18(19-16(27-12)10-31-21(19)28)15-7-2-3-8-17(15)33-11-13-5-4-6-14(9-13)23(24,25)26/h2-9,18,27H,10-11H2,1H3,(H,29,30). The maximum absolute atomic E-state index is 13.1. The number of carbonyl (C=O) groups is 2. The van der Waals surface area contributed by atoms with E-state index < -0.39 is 29.8 Å². The van der Waals surface area contributed by atoms with Gasteiger partial charge >= 0.3 is 18.3 Å². The third-order valence-corrected chi connectivity index (χ3v) is 6.39. The van der Waals surface area contributed by atoms with E-state index in [4.69, 9.17) is 9.47 Å². The lowest BCUT2D eigenvalue weighted by molar-refractivity contribution is -0.138. The molecule has 1 unspecified atom stereocenters. The zero-order valence-corrected chi connectivity index (χ0v) is 18.0. The third-order valence-electron chi connectivity index (χ3n) is 5.23. The summed E-state index contributed by atoms with van der Waals surface area (Å²) in [6.45, 7) is 1.66. The number of hydrogen-bond acceptors (Lipinski definition) is 6. The molecule has 2 aromatic rings. The number of thioether (sulfide) groups is 1. The van der Waals surface area contributed by atoms with Crippen molar-refractivity contribution in [3.05, 3.63) is 87.9 Å². The molecule has 0 saturated heterocycles. The van der Waals surface area contributed by atoms with Crippen molar-refractivity contribution in [2.45, 2.75) is 29.7 Å². The summed E-state index contributed by atoms with van der Waals surface area (Å²) in [6, 6.07) is 12.1. The summed E-state index contributed by atoms with van der Waals surface area (Å²) in [5, 5.41) is 12.2. The highest BCUT2D eigenvalue weighted by atomic mass is 32.2. The molecule has 2 aliphatic rings. The van der Waals surface area contributed by atoms with Crippen molar-refractivity contribution in [2.24, 2.45) is 0 Å². The Balaban J connectivity index is 1.70. The molecule has 2 N–H and O–H groups in total. The zero-order chi connectivity index (χ0) is 23.8. The van der Waals surface area contributed by atoms with Gasteiger partial charge in [0, 0.05) is 10.6 Å². The lowest BCUT2D eigenvalue weighted by Gasteiger charge is -2.28. The highest BCUT2D eigenvalue weighted by Gasteiger charge is 2.41. The molecule has 0 spiro atoms. The molecule has 2 aromatic carbocycles. The molecule has 0 aromatic heterocycles. The van der Waals surface area contributed by atoms with Crippen molar-refractivity contribution in [3.63, 3.8) is 0 Å². The minimum atomic E-state index is -4.44. The van der Waals surface area contributed by atoms with E-state index >= 15 is 0 Å². The molecule has 1 atom stereocenters. The maximum Gasteiger partial charge on any atom is 0.511 e. The molecule has 0 saturated carbocycles. The van der Waals surface area contributed by atoms with Gasteiger partial charge < -0.3 is 19.9 Å². The predicted octanol–water partition coefficient (Wildman–Crippen LogP) is 5.42. The van der Waals surface area contributed by atoms with Crippen molar-refractivity contribution in [1.82, 2.24) is 5.32 Å². The van der Waals surface area contributed by atoms with Crippen LogP contribution in [0.1, 0.15) is 29.5 Å². The highest BCUT2D eigenvalue weighted by Crippen LogP contribution is 2.45. The van der Waals surface area contributed by atoms with Crippen LogP contribution in [-0.2, 0) is 26.2 Å². The first-order valence-electron chi connectivity index (χ1n) is 9.81. The normalized spacial score (nSPS) is 18.1. The molecule has 10 heteroatoms. The fourth-order valence-corrected chi connectivity index (χ4v) is 4.85. The lowest BCUT2D eigenvalue weighted by Crippen LogP contribution is -2.28. The van der Waals surface area contributed by atoms with Crippen molar-refractivity contribution in [1.29, 1.82) is 0 Å². The van der Waals surface area contributed by atoms with E-state index in [9.17, 15) is 27.9 Å². The van der Waals surface area contributed by atoms with Crippen LogP contribution in [0, 0.1) is 0 Å². The Bertz CT molecular complexity index is 1190. The summed E-state index contributed by atoms with van der Waals surface area (Å²) in [7, 11) is 0. The van der Waals surface area contributed by atoms with E-state index in [0.29, 0.717) is 27.4 Å². The topological polar surface area (TPSA) is 84.9 Å². The molecule has 0 amide bonds. The third kappa shape index (κ3) is 4.70. The molecule has 0 fully saturated rings. The number of allylic oxidation sites excluding steroid dienone is 2. The van der Waals surface area contributed by atoms with Gasteiger partial charge in [0.25, 0.3) is 0 Å². The number of cyclic esters (lactones) is 1. The number of ether oxygens (including phenoxy) is 2. The largest absolute Gasteiger partial charge is 0.511 e. The van der Waals surface area contributed by atoms with E-state index in [1.807, 2.05) is 0 Å². The van der Waals surface area contributed by atoms with E-state index in [1.165, 1.54) is 17.8 Å². The van der Waals surface area contributed by atoms with Gasteiger partial charge in [-0.1, -0.05) is 36.4 Å². The minimum Gasteiger partial charge on any atom is -0.456 e. The molecule has 0 radical (unpaired) electrons. The van der Waals surface area contributed by atoms with Gasteiger partial charge in [0.15, 0.2) is 0 Å². The number of benzene rings is 2. The summed E-state index contributed by atoms with van der Waals surface area (Å²) < 4.78 is 49.4. The SMILES string of the molecule is CC1=C(OC(=O)O)C(c2ccccc2SCc2cccc(C(F)(F)F)c2)C2=C(COC2=O)N1. The Kier molecular flexibility index (Phi) is 6.11. The second-order valence-electron chi connectivity index (χ2n) is 7.41. The summed E-state index contributed by atoms with van der Waals surface area (Å²) in [5.74, 6) is -1.14. The fourth-order valence-electron chi connectivity index (χ4n) is 3.82. The molecule has 2 aliphatic heterocycles. The molecule has 172 valence electrons. The first-order chi connectivity index (χ1) is 15.6. The van der Waals surface area contributed by atoms with Crippen LogP contribution >= 0.6 is 11.8 Å². The Hall–Kier alpha value is -3.40. The zero-order valence-electron chi connectivity index (χ0n) is 17.2. The van der Waals surface area contributed by atoms with Crippen molar-refractivity contribution < 1.29 is 37.3 Å². The first kappa shape index (κ1) is 22.8. The molecular weight excluding hydrogens is 459 g/mol. The quantitative estimate of drug-likeness (QED) is 0.439. The summed E-state index contributed by atoms with van der Waals surface area (Å²) in [4.78, 5) is 24.5. The van der Waals surface area contributed by atoms with Gasteiger partial charge in [0.05, 0.1) is 28.4 Å². The van der Waals surface area contributed by atoms with Crippen LogP contribution in [0.2, 0.25) is 0 Å². The molecule has 33 heavy (non-hydrogen) atoms. The van der Waals surface area contributed by atoms with Gasteiger partial charge in [0.1, 0.15) is 12.4 Å². The van der Waals surface area contributed by atoms with Crippen LogP contribution in [0.3, 0.4) is 0 Å². The Morgan fingerprint density at radius 3 is 2.73 bits per heavy atom. The second-order valence-corrected chi connectivity index (χ2v) is 8.43. The predicted molar refractivity (Wildman–Crippen MR) is 113 cm³/mol. The monoisotopic (exact) mass is 477 g/mol. The van der Waals surface area contributed by atoms with Crippen LogP contribution in [0.5, 0.6) is 0 Å². The van der Waals surface area contributed by atoms with Gasteiger partial charge in [0.2, 0.25) is 0 Å². The van der Waals surface area contributed by atoms with E-state index in [-0.39, 0.29) is 23.7 Å². The number of hydrogen-bond donors (Lipinski definition) is 2. The Morgan fingerprint density at radius 2 is 2.00 bits per heavy atom. The van der Waals surface area contributed by atoms with Crippen LogP contribution in [0.4, 0.5) is 18.0 Å². The van der Waals surface area contributed by atoms with Gasteiger partial charge in [-0.3, -0.25) is 0 Å². The molecule has 6 nitrogen and oxygen atoms in total. The number of esters is 1.